The van der Waals surface area contributed by atoms with Gasteiger partial charge in [0.2, 0.25) is 0 Å². The lowest BCUT2D eigenvalue weighted by Crippen LogP contribution is -2.26. The van der Waals surface area contributed by atoms with Crippen LogP contribution in [0.3, 0.4) is 0 Å². The molecule has 4 heteroatoms. The van der Waals surface area contributed by atoms with Gasteiger partial charge in [0.25, 0.3) is 0 Å². The number of fused-ring (bicyclic) bond motifs is 15. The first-order valence-electron chi connectivity index (χ1n) is 18.1. The molecule has 0 saturated heterocycles. The number of rotatable bonds is 3. The van der Waals surface area contributed by atoms with Gasteiger partial charge in [0, 0.05) is 28.7 Å². The summed E-state index contributed by atoms with van der Waals surface area (Å²) in [5.41, 5.74) is 19.3. The number of thiophene rings is 1. The molecule has 4 heterocycles. The fraction of sp³-hybridized carbons (Fsp3) is 0.0204. The third-order valence-electron chi connectivity index (χ3n) is 11.6. The van der Waals surface area contributed by atoms with Crippen molar-refractivity contribution >= 4 is 37.4 Å². The zero-order valence-corrected chi connectivity index (χ0v) is 29.3. The van der Waals surface area contributed by atoms with Crippen LogP contribution in [0.2, 0.25) is 0 Å². The molecule has 12 rings (SSSR count). The van der Waals surface area contributed by atoms with Crippen molar-refractivity contribution in [2.45, 2.75) is 5.41 Å². The molecule has 0 fully saturated rings. The van der Waals surface area contributed by atoms with Gasteiger partial charge >= 0.3 is 0 Å². The highest BCUT2D eigenvalue weighted by Crippen LogP contribution is 2.63. The third-order valence-corrected chi connectivity index (χ3v) is 12.7. The number of hydrogen-bond acceptors (Lipinski definition) is 3. The summed E-state index contributed by atoms with van der Waals surface area (Å²) in [5.74, 6) is 0. The molecule has 6 aromatic carbocycles. The number of benzene rings is 6. The predicted molar refractivity (Wildman–Crippen MR) is 218 cm³/mol. The Hall–Kier alpha value is -6.62. The van der Waals surface area contributed by atoms with Crippen molar-refractivity contribution in [1.82, 2.24) is 14.4 Å². The number of pyridine rings is 2. The molecule has 0 saturated carbocycles. The molecular formula is C49H29N3S. The SMILES string of the molecule is c1cncc(-c2ccc3c(c2)C2(c4ccccc4-c4ccccc42)c2cc(-c4ccc(-c5ccc6nc7c8ccccc8sc7n6c5)cc4)ccc2-3)c1. The van der Waals surface area contributed by atoms with Crippen LogP contribution in [-0.2, 0) is 5.41 Å². The van der Waals surface area contributed by atoms with Gasteiger partial charge < -0.3 is 0 Å². The van der Waals surface area contributed by atoms with Crippen molar-refractivity contribution in [3.05, 3.63) is 199 Å². The molecule has 0 radical (unpaired) electrons. The van der Waals surface area contributed by atoms with E-state index in [1.165, 1.54) is 87.2 Å². The van der Waals surface area contributed by atoms with E-state index in [0.717, 1.165) is 16.7 Å². The van der Waals surface area contributed by atoms with Gasteiger partial charge in [-0.05, 0) is 114 Å². The standard InChI is InChI=1S/C49H29N3S/c1-4-12-41-36(9-1)37-10-2-5-13-42(37)49(41)43-26-32(19-22-38(43)39-23-20-33(27-44(39)49)34-8-7-25-50-28-34)30-15-17-31(18-16-30)35-21-24-46-51-47-40-11-3-6-14-45(40)53-48(47)52(46)29-35/h1-29H. The van der Waals surface area contributed by atoms with Crippen LogP contribution in [0.5, 0.6) is 0 Å². The van der Waals surface area contributed by atoms with Gasteiger partial charge in [-0.15, -0.1) is 11.3 Å². The smallest absolute Gasteiger partial charge is 0.138 e. The Kier molecular flexibility index (Phi) is 5.86. The molecule has 0 bridgehead atoms. The normalized spacial score (nSPS) is 13.4. The molecule has 0 N–H and O–H groups in total. The lowest BCUT2D eigenvalue weighted by molar-refractivity contribution is 0.794. The first kappa shape index (κ1) is 29.0. The van der Waals surface area contributed by atoms with Gasteiger partial charge in [0.1, 0.15) is 16.0 Å². The van der Waals surface area contributed by atoms with E-state index in [0.29, 0.717) is 0 Å². The maximum absolute atomic E-state index is 4.98. The van der Waals surface area contributed by atoms with Crippen molar-refractivity contribution < 1.29 is 0 Å². The van der Waals surface area contributed by atoms with Crippen LogP contribution >= 0.6 is 11.3 Å². The summed E-state index contributed by atoms with van der Waals surface area (Å²) >= 11 is 1.80. The number of imidazole rings is 1. The quantitative estimate of drug-likeness (QED) is 0.185. The highest BCUT2D eigenvalue weighted by molar-refractivity contribution is 7.25. The summed E-state index contributed by atoms with van der Waals surface area (Å²) in [5, 5.41) is 1.22. The van der Waals surface area contributed by atoms with Gasteiger partial charge in [-0.3, -0.25) is 9.38 Å². The van der Waals surface area contributed by atoms with Crippen LogP contribution in [0.25, 0.3) is 81.7 Å². The van der Waals surface area contributed by atoms with E-state index in [-0.39, 0.29) is 0 Å². The van der Waals surface area contributed by atoms with Gasteiger partial charge in [0.05, 0.1) is 5.41 Å². The lowest BCUT2D eigenvalue weighted by Gasteiger charge is -2.31. The minimum atomic E-state index is -0.426. The minimum Gasteiger partial charge on any atom is -0.290 e. The Morgan fingerprint density at radius 2 is 1.06 bits per heavy atom. The average molecular weight is 692 g/mol. The Morgan fingerprint density at radius 3 is 1.75 bits per heavy atom. The van der Waals surface area contributed by atoms with Crippen molar-refractivity contribution in [2.24, 2.45) is 0 Å². The molecule has 2 aliphatic rings. The fourth-order valence-electron chi connectivity index (χ4n) is 9.21. The largest absolute Gasteiger partial charge is 0.290 e. The molecule has 3 nitrogen and oxygen atoms in total. The number of hydrogen-bond donors (Lipinski definition) is 0. The van der Waals surface area contributed by atoms with Crippen LogP contribution in [0.4, 0.5) is 0 Å². The van der Waals surface area contributed by atoms with Crippen LogP contribution in [0.15, 0.2) is 176 Å². The second-order valence-electron chi connectivity index (χ2n) is 14.2. The zero-order valence-electron chi connectivity index (χ0n) is 28.5. The monoisotopic (exact) mass is 691 g/mol. The van der Waals surface area contributed by atoms with E-state index in [4.69, 9.17) is 4.98 Å². The van der Waals surface area contributed by atoms with E-state index < -0.39 is 5.41 Å². The minimum absolute atomic E-state index is 0.426. The second kappa shape index (κ2) is 10.7. The van der Waals surface area contributed by atoms with Crippen molar-refractivity contribution in [2.75, 3.05) is 0 Å². The molecular weight excluding hydrogens is 663 g/mol. The predicted octanol–water partition coefficient (Wildman–Crippen LogP) is 12.4. The molecule has 0 amide bonds. The van der Waals surface area contributed by atoms with E-state index in [9.17, 15) is 0 Å². The molecule has 0 aliphatic heterocycles. The Labute approximate surface area is 310 Å². The van der Waals surface area contributed by atoms with Crippen LogP contribution in [0.1, 0.15) is 22.3 Å². The van der Waals surface area contributed by atoms with Gasteiger partial charge in [-0.2, -0.15) is 0 Å². The Morgan fingerprint density at radius 1 is 0.472 bits per heavy atom. The number of nitrogens with zero attached hydrogens (tertiary/aromatic N) is 3. The second-order valence-corrected chi connectivity index (χ2v) is 15.2. The summed E-state index contributed by atoms with van der Waals surface area (Å²) in [6, 6.07) is 58.2. The van der Waals surface area contributed by atoms with Gasteiger partial charge in [-0.25, -0.2) is 4.98 Å². The van der Waals surface area contributed by atoms with Crippen molar-refractivity contribution in [1.29, 1.82) is 0 Å². The number of aromatic nitrogens is 3. The maximum atomic E-state index is 4.98. The van der Waals surface area contributed by atoms with Crippen LogP contribution in [0, 0.1) is 0 Å². The summed E-state index contributed by atoms with van der Waals surface area (Å²) in [6.07, 6.45) is 6.04. The van der Waals surface area contributed by atoms with Crippen molar-refractivity contribution in [3.63, 3.8) is 0 Å². The molecule has 10 aromatic rings. The van der Waals surface area contributed by atoms with E-state index in [1.54, 1.807) is 11.3 Å². The van der Waals surface area contributed by atoms with Gasteiger partial charge in [0.15, 0.2) is 0 Å². The molecule has 0 unspecified atom stereocenters. The fourth-order valence-corrected chi connectivity index (χ4v) is 10.3. The molecule has 53 heavy (non-hydrogen) atoms. The van der Waals surface area contributed by atoms with Crippen LogP contribution < -0.4 is 0 Å². The first-order chi connectivity index (χ1) is 26.3. The lowest BCUT2D eigenvalue weighted by atomic mass is 9.70. The summed E-state index contributed by atoms with van der Waals surface area (Å²) in [4.78, 5) is 10.6. The highest BCUT2D eigenvalue weighted by Gasteiger charge is 2.51. The summed E-state index contributed by atoms with van der Waals surface area (Å²) in [6.45, 7) is 0. The third kappa shape index (κ3) is 3.93. The Bertz CT molecular complexity index is 3070. The van der Waals surface area contributed by atoms with E-state index in [2.05, 4.69) is 167 Å². The summed E-state index contributed by atoms with van der Waals surface area (Å²) in [7, 11) is 0. The highest BCUT2D eigenvalue weighted by atomic mass is 32.1. The Balaban J connectivity index is 1.00. The summed E-state index contributed by atoms with van der Waals surface area (Å²) < 4.78 is 3.52. The molecule has 4 aromatic heterocycles. The van der Waals surface area contributed by atoms with E-state index in [1.807, 2.05) is 18.5 Å². The van der Waals surface area contributed by atoms with Crippen LogP contribution in [-0.4, -0.2) is 14.4 Å². The zero-order chi connectivity index (χ0) is 34.7. The maximum Gasteiger partial charge on any atom is 0.138 e. The topological polar surface area (TPSA) is 30.2 Å². The van der Waals surface area contributed by atoms with Gasteiger partial charge in [-0.1, -0.05) is 121 Å². The molecule has 0 atom stereocenters. The van der Waals surface area contributed by atoms with Crippen molar-refractivity contribution in [3.8, 4) is 55.6 Å². The molecule has 2 aliphatic carbocycles. The average Bonchev–Trinajstić information content (AvgIpc) is 3.95. The molecule has 1 spiro atoms. The van der Waals surface area contributed by atoms with E-state index >= 15 is 0 Å². The molecule has 246 valence electrons. The first-order valence-corrected chi connectivity index (χ1v) is 18.9.